The van der Waals surface area contributed by atoms with Crippen molar-refractivity contribution in [1.29, 1.82) is 0 Å². The number of carbonyl (C=O) groups excluding carboxylic acids is 1. The number of rotatable bonds is 3. The number of hydrogen-bond donors (Lipinski definition) is 0. The zero-order valence-corrected chi connectivity index (χ0v) is 18.7. The van der Waals surface area contributed by atoms with E-state index in [2.05, 4.69) is 29.2 Å². The highest BCUT2D eigenvalue weighted by Crippen LogP contribution is 2.41. The topological polar surface area (TPSA) is 71.6 Å². The maximum atomic E-state index is 13.5. The Morgan fingerprint density at radius 1 is 1.06 bits per heavy atom. The van der Waals surface area contributed by atoms with E-state index in [9.17, 15) is 9.59 Å². The number of furan rings is 1. The average molecular weight is 445 g/mol. The summed E-state index contributed by atoms with van der Waals surface area (Å²) in [5, 5.41) is 0. The largest absolute Gasteiger partial charge is 0.459 e. The van der Waals surface area contributed by atoms with Gasteiger partial charge in [0.15, 0.2) is 5.76 Å². The van der Waals surface area contributed by atoms with Crippen molar-refractivity contribution in [2.24, 2.45) is 5.41 Å². The van der Waals surface area contributed by atoms with Crippen molar-refractivity contribution < 1.29 is 9.21 Å². The highest BCUT2D eigenvalue weighted by Gasteiger charge is 2.43. The maximum Gasteiger partial charge on any atom is 0.289 e. The molecule has 170 valence electrons. The molecule has 1 fully saturated rings. The van der Waals surface area contributed by atoms with Crippen LogP contribution in [-0.2, 0) is 32.5 Å². The summed E-state index contributed by atoms with van der Waals surface area (Å²) >= 11 is 0. The summed E-state index contributed by atoms with van der Waals surface area (Å²) in [6, 6.07) is 13.9. The Bertz CT molecular complexity index is 1220. The monoisotopic (exact) mass is 444 g/mol. The van der Waals surface area contributed by atoms with Gasteiger partial charge in [-0.3, -0.25) is 19.1 Å². The molecule has 0 saturated carbocycles. The van der Waals surface area contributed by atoms with Crippen LogP contribution in [0.5, 0.6) is 0 Å². The van der Waals surface area contributed by atoms with Crippen LogP contribution in [0.3, 0.4) is 0 Å². The molecule has 1 saturated heterocycles. The molecule has 1 amide bonds. The van der Waals surface area contributed by atoms with Gasteiger partial charge in [-0.05, 0) is 36.0 Å². The van der Waals surface area contributed by atoms with Crippen molar-refractivity contribution in [2.75, 3.05) is 19.6 Å². The molecule has 3 aliphatic rings. The van der Waals surface area contributed by atoms with Crippen LogP contribution in [0.25, 0.3) is 0 Å². The summed E-state index contributed by atoms with van der Waals surface area (Å²) in [7, 11) is 0. The number of fused-ring (bicyclic) bond motifs is 2. The Labute approximate surface area is 192 Å². The Morgan fingerprint density at radius 2 is 1.88 bits per heavy atom. The second kappa shape index (κ2) is 7.99. The number of benzene rings is 1. The van der Waals surface area contributed by atoms with Crippen molar-refractivity contribution in [2.45, 2.75) is 45.3 Å². The van der Waals surface area contributed by atoms with E-state index in [1.165, 1.54) is 11.8 Å². The fraction of sp³-hybridized carbons (Fsp3) is 0.423. The van der Waals surface area contributed by atoms with Crippen molar-refractivity contribution in [3.8, 4) is 0 Å². The van der Waals surface area contributed by atoms with Gasteiger partial charge in [-0.25, -0.2) is 4.98 Å². The van der Waals surface area contributed by atoms with Crippen LogP contribution in [0.1, 0.15) is 46.0 Å². The summed E-state index contributed by atoms with van der Waals surface area (Å²) in [5.41, 5.74) is 3.28. The summed E-state index contributed by atoms with van der Waals surface area (Å²) in [6.45, 7) is 4.52. The minimum atomic E-state index is -0.0466. The standard InChI is InChI=1S/C26H28N4O3/c31-24-20-17-28(16-19-5-2-1-3-6-19)11-8-21(20)27-23-15-26(18-30(23)24)9-12-29(13-10-26)25(32)22-7-4-14-33-22/h1-7,14H,8-13,15-18H2. The first kappa shape index (κ1) is 20.4. The van der Waals surface area contributed by atoms with Gasteiger partial charge in [-0.2, -0.15) is 0 Å². The fourth-order valence-electron chi connectivity index (χ4n) is 5.70. The predicted octanol–water partition coefficient (Wildman–Crippen LogP) is 2.87. The normalized spacial score (nSPS) is 19.5. The second-order valence-electron chi connectivity index (χ2n) is 9.74. The summed E-state index contributed by atoms with van der Waals surface area (Å²) < 4.78 is 7.21. The molecule has 2 aromatic heterocycles. The molecule has 0 bridgehead atoms. The summed E-state index contributed by atoms with van der Waals surface area (Å²) in [5.74, 6) is 1.28. The van der Waals surface area contributed by atoms with Gasteiger partial charge in [0, 0.05) is 52.1 Å². The second-order valence-corrected chi connectivity index (χ2v) is 9.74. The highest BCUT2D eigenvalue weighted by molar-refractivity contribution is 5.91. The molecule has 3 aromatic rings. The molecular formula is C26H28N4O3. The Balaban J connectivity index is 1.17. The van der Waals surface area contributed by atoms with Gasteiger partial charge in [0.2, 0.25) is 0 Å². The Kier molecular flexibility index (Phi) is 4.94. The van der Waals surface area contributed by atoms with Crippen LogP contribution < -0.4 is 5.56 Å². The van der Waals surface area contributed by atoms with Crippen molar-refractivity contribution >= 4 is 5.91 Å². The van der Waals surface area contributed by atoms with Crippen LogP contribution in [0.4, 0.5) is 0 Å². The Hall–Kier alpha value is -3.19. The quantitative estimate of drug-likeness (QED) is 0.621. The molecule has 7 heteroatoms. The first-order valence-corrected chi connectivity index (χ1v) is 11.8. The fourth-order valence-corrected chi connectivity index (χ4v) is 5.70. The molecule has 7 nitrogen and oxygen atoms in total. The molecule has 0 radical (unpaired) electrons. The maximum absolute atomic E-state index is 13.5. The van der Waals surface area contributed by atoms with E-state index in [0.717, 1.165) is 55.9 Å². The SMILES string of the molecule is O=C(c1ccco1)N1CCC2(CC1)Cc1nc3c(c(=O)n1C2)CN(Cc1ccccc1)CC3. The lowest BCUT2D eigenvalue weighted by molar-refractivity contribution is 0.0546. The van der Waals surface area contributed by atoms with Gasteiger partial charge in [0.05, 0.1) is 17.5 Å². The lowest BCUT2D eigenvalue weighted by atomic mass is 9.77. The molecular weight excluding hydrogens is 416 g/mol. The third kappa shape index (κ3) is 3.70. The van der Waals surface area contributed by atoms with Crippen LogP contribution in [0.15, 0.2) is 57.9 Å². The third-order valence-corrected chi connectivity index (χ3v) is 7.59. The zero-order valence-electron chi connectivity index (χ0n) is 18.7. The van der Waals surface area contributed by atoms with Gasteiger partial charge >= 0.3 is 0 Å². The first-order valence-electron chi connectivity index (χ1n) is 11.8. The molecule has 0 aliphatic carbocycles. The van der Waals surface area contributed by atoms with Crippen molar-refractivity contribution in [3.05, 3.63) is 87.5 Å². The minimum Gasteiger partial charge on any atom is -0.459 e. The van der Waals surface area contributed by atoms with Gasteiger partial charge in [0.25, 0.3) is 11.5 Å². The van der Waals surface area contributed by atoms with E-state index >= 15 is 0 Å². The van der Waals surface area contributed by atoms with Crippen LogP contribution in [0, 0.1) is 5.41 Å². The van der Waals surface area contributed by atoms with Crippen LogP contribution >= 0.6 is 0 Å². The van der Waals surface area contributed by atoms with Gasteiger partial charge < -0.3 is 9.32 Å². The molecule has 0 N–H and O–H groups in total. The van der Waals surface area contributed by atoms with E-state index in [-0.39, 0.29) is 16.9 Å². The summed E-state index contributed by atoms with van der Waals surface area (Å²) in [4.78, 5) is 35.3. The number of piperidine rings is 1. The lowest BCUT2D eigenvalue weighted by Crippen LogP contribution is -2.44. The van der Waals surface area contributed by atoms with E-state index in [1.807, 2.05) is 15.5 Å². The third-order valence-electron chi connectivity index (χ3n) is 7.59. The lowest BCUT2D eigenvalue weighted by Gasteiger charge is -2.38. The molecule has 5 heterocycles. The summed E-state index contributed by atoms with van der Waals surface area (Å²) in [6.07, 6.45) is 4.95. The molecule has 0 atom stereocenters. The number of nitrogens with zero attached hydrogens (tertiary/aromatic N) is 4. The molecule has 33 heavy (non-hydrogen) atoms. The number of carbonyl (C=O) groups is 1. The number of likely N-dealkylation sites (tertiary alicyclic amines) is 1. The highest BCUT2D eigenvalue weighted by atomic mass is 16.3. The van der Waals surface area contributed by atoms with Gasteiger partial charge in [-0.15, -0.1) is 0 Å². The van der Waals surface area contributed by atoms with Crippen molar-refractivity contribution in [3.63, 3.8) is 0 Å². The molecule has 3 aliphatic heterocycles. The number of amides is 1. The first-order chi connectivity index (χ1) is 16.1. The average Bonchev–Trinajstić information content (AvgIpc) is 3.49. The minimum absolute atomic E-state index is 0.0206. The van der Waals surface area contributed by atoms with E-state index in [1.54, 1.807) is 12.1 Å². The number of hydrogen-bond acceptors (Lipinski definition) is 5. The zero-order chi connectivity index (χ0) is 22.4. The van der Waals surface area contributed by atoms with Gasteiger partial charge in [0.1, 0.15) is 5.82 Å². The Morgan fingerprint density at radius 3 is 2.64 bits per heavy atom. The van der Waals surface area contributed by atoms with Crippen LogP contribution in [-0.4, -0.2) is 44.9 Å². The smallest absolute Gasteiger partial charge is 0.289 e. The van der Waals surface area contributed by atoms with Crippen molar-refractivity contribution in [1.82, 2.24) is 19.4 Å². The molecule has 1 spiro atoms. The van der Waals surface area contributed by atoms with Gasteiger partial charge in [-0.1, -0.05) is 30.3 Å². The van der Waals surface area contributed by atoms with E-state index in [0.29, 0.717) is 31.9 Å². The molecule has 6 rings (SSSR count). The molecule has 0 unspecified atom stereocenters. The number of aromatic nitrogens is 2. The molecule has 1 aromatic carbocycles. The van der Waals surface area contributed by atoms with E-state index in [4.69, 9.17) is 9.40 Å². The van der Waals surface area contributed by atoms with Crippen LogP contribution in [0.2, 0.25) is 0 Å². The predicted molar refractivity (Wildman–Crippen MR) is 123 cm³/mol. The van der Waals surface area contributed by atoms with E-state index < -0.39 is 0 Å².